The van der Waals surface area contributed by atoms with Gasteiger partial charge in [0.25, 0.3) is 0 Å². The fourth-order valence-corrected chi connectivity index (χ4v) is 5.92. The number of hydrogen-bond acceptors (Lipinski definition) is 4. The van der Waals surface area contributed by atoms with Gasteiger partial charge in [-0.25, -0.2) is 17.7 Å². The summed E-state index contributed by atoms with van der Waals surface area (Å²) >= 11 is 0. The van der Waals surface area contributed by atoms with Crippen molar-refractivity contribution >= 4 is 21.8 Å². The maximum absolute atomic E-state index is 13.5. The van der Waals surface area contributed by atoms with Crippen molar-refractivity contribution in [2.24, 2.45) is 0 Å². The van der Waals surface area contributed by atoms with Crippen LogP contribution in [0.15, 0.2) is 36.4 Å². The van der Waals surface area contributed by atoms with Gasteiger partial charge in [0.2, 0.25) is 0 Å². The SMILES string of the molecule is CCc1ccc2c(c1)[C@@H](NC[C@@H](O)C(Cc1cc(F)cc(F)c1)NS(C)=O)CS(=O)C2. The summed E-state index contributed by atoms with van der Waals surface area (Å²) in [5.41, 5.74) is 3.67. The van der Waals surface area contributed by atoms with E-state index in [0.717, 1.165) is 23.6 Å². The Balaban J connectivity index is 1.72. The van der Waals surface area contributed by atoms with Crippen molar-refractivity contribution in [2.45, 2.75) is 43.7 Å². The van der Waals surface area contributed by atoms with Gasteiger partial charge in [-0.2, -0.15) is 0 Å². The number of aryl methyl sites for hydroxylation is 1. The molecule has 0 saturated heterocycles. The van der Waals surface area contributed by atoms with Gasteiger partial charge in [0.05, 0.1) is 23.1 Å². The molecule has 170 valence electrons. The minimum atomic E-state index is -1.43. The average molecular weight is 471 g/mol. The van der Waals surface area contributed by atoms with Gasteiger partial charge < -0.3 is 10.4 Å². The average Bonchev–Trinajstić information content (AvgIpc) is 2.69. The van der Waals surface area contributed by atoms with E-state index < -0.39 is 45.6 Å². The van der Waals surface area contributed by atoms with Crippen LogP contribution in [0.1, 0.15) is 35.2 Å². The van der Waals surface area contributed by atoms with Crippen molar-refractivity contribution in [3.8, 4) is 0 Å². The molecule has 5 atom stereocenters. The van der Waals surface area contributed by atoms with Crippen molar-refractivity contribution in [1.82, 2.24) is 10.0 Å². The highest BCUT2D eigenvalue weighted by Crippen LogP contribution is 2.28. The Morgan fingerprint density at radius 1 is 1.19 bits per heavy atom. The summed E-state index contributed by atoms with van der Waals surface area (Å²) in [5.74, 6) is -0.441. The maximum Gasteiger partial charge on any atom is 0.126 e. The molecule has 0 spiro atoms. The lowest BCUT2D eigenvalue weighted by Gasteiger charge is -2.29. The Morgan fingerprint density at radius 3 is 2.55 bits per heavy atom. The highest BCUT2D eigenvalue weighted by molar-refractivity contribution is 7.84. The zero-order valence-electron chi connectivity index (χ0n) is 17.6. The summed E-state index contributed by atoms with van der Waals surface area (Å²) < 4.78 is 53.9. The van der Waals surface area contributed by atoms with Gasteiger partial charge in [-0.15, -0.1) is 0 Å². The molecule has 3 unspecified atom stereocenters. The number of aliphatic hydroxyl groups excluding tert-OH is 1. The number of nitrogens with one attached hydrogen (secondary N) is 2. The highest BCUT2D eigenvalue weighted by Gasteiger charge is 2.27. The number of halogens is 2. The number of aliphatic hydroxyl groups is 1. The molecule has 1 aliphatic rings. The molecule has 2 aromatic carbocycles. The highest BCUT2D eigenvalue weighted by atomic mass is 32.2. The van der Waals surface area contributed by atoms with Gasteiger partial charge in [-0.3, -0.25) is 4.21 Å². The van der Waals surface area contributed by atoms with Crippen LogP contribution in [-0.4, -0.2) is 44.2 Å². The predicted molar refractivity (Wildman–Crippen MR) is 120 cm³/mol. The Morgan fingerprint density at radius 2 is 1.90 bits per heavy atom. The van der Waals surface area contributed by atoms with Crippen LogP contribution in [0.2, 0.25) is 0 Å². The molecule has 1 heterocycles. The smallest absolute Gasteiger partial charge is 0.126 e. The van der Waals surface area contributed by atoms with Gasteiger partial charge in [0, 0.05) is 47.2 Å². The van der Waals surface area contributed by atoms with Crippen molar-refractivity contribution in [2.75, 3.05) is 18.6 Å². The van der Waals surface area contributed by atoms with E-state index in [1.807, 2.05) is 12.1 Å². The zero-order chi connectivity index (χ0) is 22.5. The molecule has 31 heavy (non-hydrogen) atoms. The van der Waals surface area contributed by atoms with E-state index in [0.29, 0.717) is 17.1 Å². The Kier molecular flexibility index (Phi) is 8.46. The van der Waals surface area contributed by atoms with Gasteiger partial charge in [-0.1, -0.05) is 25.1 Å². The molecular weight excluding hydrogens is 442 g/mol. The summed E-state index contributed by atoms with van der Waals surface area (Å²) in [7, 11) is -2.43. The van der Waals surface area contributed by atoms with Gasteiger partial charge in [0.15, 0.2) is 0 Å². The lowest BCUT2D eigenvalue weighted by Crippen LogP contribution is -2.48. The van der Waals surface area contributed by atoms with Crippen molar-refractivity contribution < 1.29 is 22.3 Å². The largest absolute Gasteiger partial charge is 0.390 e. The van der Waals surface area contributed by atoms with E-state index in [1.54, 1.807) is 0 Å². The predicted octanol–water partition coefficient (Wildman–Crippen LogP) is 2.28. The Labute approximate surface area is 186 Å². The van der Waals surface area contributed by atoms with Crippen LogP contribution >= 0.6 is 0 Å². The first-order valence-corrected chi connectivity index (χ1v) is 13.2. The standard InChI is InChI=1S/C22H28F2N2O3S2/c1-3-14-4-5-16-12-31(29)13-21(19(16)8-14)25-11-22(27)20(26-30(2)28)9-15-6-17(23)10-18(24)7-15/h4-8,10,20-22,25-27H,3,9,11-13H2,1-2H3/t20?,21-,22+,30?,31?/m0/s1. The number of fused-ring (bicyclic) bond motifs is 1. The molecule has 0 fully saturated rings. The summed E-state index contributed by atoms with van der Waals surface area (Å²) in [6.07, 6.45) is 1.45. The van der Waals surface area contributed by atoms with E-state index in [-0.39, 0.29) is 19.0 Å². The van der Waals surface area contributed by atoms with Gasteiger partial charge >= 0.3 is 0 Å². The second-order valence-corrected chi connectivity index (χ2v) is 10.5. The van der Waals surface area contributed by atoms with Crippen molar-refractivity contribution in [1.29, 1.82) is 0 Å². The molecule has 2 aromatic rings. The van der Waals surface area contributed by atoms with Crippen molar-refractivity contribution in [3.63, 3.8) is 0 Å². The van der Waals surface area contributed by atoms with Crippen LogP contribution in [-0.2, 0) is 40.4 Å². The third-order valence-electron chi connectivity index (χ3n) is 5.40. The van der Waals surface area contributed by atoms with E-state index in [1.165, 1.54) is 24.0 Å². The third kappa shape index (κ3) is 6.73. The molecule has 0 aliphatic carbocycles. The number of hydrogen-bond donors (Lipinski definition) is 3. The van der Waals surface area contributed by atoms with Gasteiger partial charge in [0.1, 0.15) is 11.6 Å². The summed E-state index contributed by atoms with van der Waals surface area (Å²) in [6, 6.07) is 8.49. The van der Waals surface area contributed by atoms with Crippen LogP contribution in [0, 0.1) is 11.6 Å². The first-order valence-electron chi connectivity index (χ1n) is 10.2. The van der Waals surface area contributed by atoms with E-state index in [9.17, 15) is 22.3 Å². The lowest BCUT2D eigenvalue weighted by atomic mass is 9.97. The third-order valence-corrected chi connectivity index (χ3v) is 7.37. The van der Waals surface area contributed by atoms with Crippen LogP contribution in [0.4, 0.5) is 8.78 Å². The Bertz CT molecular complexity index is 954. The van der Waals surface area contributed by atoms with Crippen LogP contribution < -0.4 is 10.0 Å². The van der Waals surface area contributed by atoms with Gasteiger partial charge in [-0.05, 0) is 47.2 Å². The molecule has 0 amide bonds. The molecule has 5 nitrogen and oxygen atoms in total. The monoisotopic (exact) mass is 470 g/mol. The summed E-state index contributed by atoms with van der Waals surface area (Å²) in [4.78, 5) is 0. The molecular formula is C22H28F2N2O3S2. The summed E-state index contributed by atoms with van der Waals surface area (Å²) in [5, 5.41) is 14.1. The molecule has 0 saturated carbocycles. The van der Waals surface area contributed by atoms with E-state index in [4.69, 9.17) is 0 Å². The van der Waals surface area contributed by atoms with Crippen LogP contribution in [0.3, 0.4) is 0 Å². The number of rotatable bonds is 9. The summed E-state index contributed by atoms with van der Waals surface area (Å²) in [6.45, 7) is 2.22. The van der Waals surface area contributed by atoms with Crippen LogP contribution in [0.25, 0.3) is 0 Å². The molecule has 3 rings (SSSR count). The van der Waals surface area contributed by atoms with E-state index in [2.05, 4.69) is 23.0 Å². The normalized spacial score (nSPS) is 21.3. The second-order valence-electron chi connectivity index (χ2n) is 7.83. The molecule has 0 aromatic heterocycles. The molecule has 1 aliphatic heterocycles. The fourth-order valence-electron chi connectivity index (χ4n) is 3.85. The Hall–Kier alpha value is -1.52. The number of benzene rings is 2. The lowest BCUT2D eigenvalue weighted by molar-refractivity contribution is 0.132. The topological polar surface area (TPSA) is 78.4 Å². The molecule has 3 N–H and O–H groups in total. The van der Waals surface area contributed by atoms with E-state index >= 15 is 0 Å². The molecule has 9 heteroatoms. The first kappa shape index (κ1) is 24.1. The first-order chi connectivity index (χ1) is 14.7. The molecule has 0 radical (unpaired) electrons. The zero-order valence-corrected chi connectivity index (χ0v) is 19.2. The second kappa shape index (κ2) is 10.9. The minimum Gasteiger partial charge on any atom is -0.390 e. The molecule has 0 bridgehead atoms. The fraction of sp³-hybridized carbons (Fsp3) is 0.455. The minimum absolute atomic E-state index is 0.101. The maximum atomic E-state index is 13.5. The van der Waals surface area contributed by atoms with Crippen LogP contribution in [0.5, 0.6) is 0 Å². The quantitative estimate of drug-likeness (QED) is 0.526. The van der Waals surface area contributed by atoms with Crippen molar-refractivity contribution in [3.05, 3.63) is 70.3 Å².